The van der Waals surface area contributed by atoms with Crippen LogP contribution in [-0.2, 0) is 4.79 Å². The third kappa shape index (κ3) is 2.98. The summed E-state index contributed by atoms with van der Waals surface area (Å²) in [4.78, 5) is 12.8. The minimum atomic E-state index is -0.0856. The van der Waals surface area contributed by atoms with E-state index >= 15 is 0 Å². The van der Waals surface area contributed by atoms with Gasteiger partial charge in [-0.3, -0.25) is 0 Å². The molecule has 0 aromatic carbocycles. The average molecular weight is 97.1 g/mol. The van der Waals surface area contributed by atoms with Crippen molar-refractivity contribution in [1.82, 2.24) is 0 Å². The normalized spacial score (nSPS) is 12.0. The molecule has 0 aromatic heterocycles. The molecule has 0 rings (SSSR count). The van der Waals surface area contributed by atoms with E-state index in [2.05, 4.69) is 4.85 Å². The van der Waals surface area contributed by atoms with E-state index in [1.54, 1.807) is 6.92 Å². The van der Waals surface area contributed by atoms with Crippen LogP contribution in [0, 0.1) is 12.5 Å². The van der Waals surface area contributed by atoms with Crippen LogP contribution in [0.4, 0.5) is 0 Å². The Balaban J connectivity index is 3.21. The number of hydrogen-bond donors (Lipinski definition) is 0. The summed E-state index contributed by atoms with van der Waals surface area (Å²) < 4.78 is 0. The Morgan fingerprint density at radius 2 is 2.57 bits per heavy atom. The van der Waals surface area contributed by atoms with E-state index in [-0.39, 0.29) is 5.92 Å². The molecule has 38 valence electrons. The van der Waals surface area contributed by atoms with Crippen LogP contribution in [0.5, 0.6) is 0 Å². The molecule has 0 amide bonds. The third-order valence-electron chi connectivity index (χ3n) is 0.612. The fourth-order valence-electron chi connectivity index (χ4n) is 0.187. The molecule has 0 spiro atoms. The molecule has 2 nitrogen and oxygen atoms in total. The van der Waals surface area contributed by atoms with Crippen LogP contribution in [-0.4, -0.2) is 12.8 Å². The quantitative estimate of drug-likeness (QED) is 0.368. The monoisotopic (exact) mass is 97.1 g/mol. The number of carbonyl (C=O) groups excluding carboxylic acids is 1. The summed E-state index contributed by atoms with van der Waals surface area (Å²) in [6.45, 7) is 8.35. The van der Waals surface area contributed by atoms with Gasteiger partial charge in [0.2, 0.25) is 6.54 Å². The zero-order chi connectivity index (χ0) is 5.70. The molecule has 0 heterocycles. The fourth-order valence-corrected chi connectivity index (χ4v) is 0.187. The lowest BCUT2D eigenvalue weighted by atomic mass is 10.2. The highest BCUT2D eigenvalue weighted by molar-refractivity contribution is 5.53. The van der Waals surface area contributed by atoms with Crippen molar-refractivity contribution in [2.75, 3.05) is 6.54 Å². The van der Waals surface area contributed by atoms with Gasteiger partial charge < -0.3 is 9.64 Å². The molecule has 2 heteroatoms. The van der Waals surface area contributed by atoms with Crippen molar-refractivity contribution in [1.29, 1.82) is 0 Å². The number of nitrogens with zero attached hydrogens (tertiary/aromatic N) is 1. The first-order valence-electron chi connectivity index (χ1n) is 2.09. The number of aldehydes is 1. The summed E-state index contributed by atoms with van der Waals surface area (Å²) in [5.74, 6) is -0.0856. The van der Waals surface area contributed by atoms with Gasteiger partial charge in [-0.05, 0) is 6.92 Å². The Kier molecular flexibility index (Phi) is 2.95. The largest absolute Gasteiger partial charge is 0.316 e. The van der Waals surface area contributed by atoms with Crippen LogP contribution in [0.1, 0.15) is 6.92 Å². The van der Waals surface area contributed by atoms with Crippen molar-refractivity contribution in [3.63, 3.8) is 0 Å². The molecule has 7 heavy (non-hydrogen) atoms. The molecule has 0 aliphatic carbocycles. The second kappa shape index (κ2) is 3.35. The van der Waals surface area contributed by atoms with Crippen molar-refractivity contribution >= 4 is 6.29 Å². The van der Waals surface area contributed by atoms with Crippen molar-refractivity contribution in [2.24, 2.45) is 5.92 Å². The van der Waals surface area contributed by atoms with Gasteiger partial charge in [0.1, 0.15) is 6.29 Å². The Morgan fingerprint density at radius 1 is 2.00 bits per heavy atom. The van der Waals surface area contributed by atoms with E-state index in [0.717, 1.165) is 6.29 Å². The number of rotatable bonds is 2. The van der Waals surface area contributed by atoms with Crippen molar-refractivity contribution in [2.45, 2.75) is 6.92 Å². The minimum Gasteiger partial charge on any atom is -0.316 e. The first kappa shape index (κ1) is 6.16. The maximum Gasteiger partial charge on any atom is 0.223 e. The second-order valence-corrected chi connectivity index (χ2v) is 1.45. The SMILES string of the molecule is [C-]#[N+]CC(C)C=O. The summed E-state index contributed by atoms with van der Waals surface area (Å²) in [6.07, 6.45) is 0.790. The highest BCUT2D eigenvalue weighted by atomic mass is 16.1. The second-order valence-electron chi connectivity index (χ2n) is 1.45. The van der Waals surface area contributed by atoms with Crippen molar-refractivity contribution < 1.29 is 4.79 Å². The van der Waals surface area contributed by atoms with Gasteiger partial charge in [-0.1, -0.05) is 0 Å². The van der Waals surface area contributed by atoms with Crippen LogP contribution in [0.15, 0.2) is 0 Å². The first-order valence-corrected chi connectivity index (χ1v) is 2.09. The van der Waals surface area contributed by atoms with Gasteiger partial charge in [0.15, 0.2) is 0 Å². The summed E-state index contributed by atoms with van der Waals surface area (Å²) in [5.41, 5.74) is 0. The standard InChI is InChI=1S/C5H7NO/c1-5(4-7)3-6-2/h4-5H,3H2,1H3. The summed E-state index contributed by atoms with van der Waals surface area (Å²) in [6, 6.07) is 0. The van der Waals surface area contributed by atoms with E-state index in [1.807, 2.05) is 0 Å². The topological polar surface area (TPSA) is 21.4 Å². The van der Waals surface area contributed by atoms with Gasteiger partial charge in [0.05, 0.1) is 5.92 Å². The lowest BCUT2D eigenvalue weighted by molar-refractivity contribution is -0.110. The maximum absolute atomic E-state index is 9.75. The Bertz CT molecular complexity index is 92.7. The molecular formula is C5H7NO. The molecule has 0 aliphatic rings. The molecule has 0 saturated carbocycles. The molecule has 0 aliphatic heterocycles. The maximum atomic E-state index is 9.75. The fraction of sp³-hybridized carbons (Fsp3) is 0.600. The van der Waals surface area contributed by atoms with Gasteiger partial charge in [-0.2, -0.15) is 0 Å². The summed E-state index contributed by atoms with van der Waals surface area (Å²) in [5, 5.41) is 0. The van der Waals surface area contributed by atoms with E-state index < -0.39 is 0 Å². The first-order chi connectivity index (χ1) is 3.31. The van der Waals surface area contributed by atoms with E-state index in [9.17, 15) is 4.79 Å². The molecule has 1 atom stereocenters. The molecule has 1 unspecified atom stereocenters. The predicted molar refractivity (Wildman–Crippen MR) is 26.7 cm³/mol. The number of carbonyl (C=O) groups is 1. The predicted octanol–water partition coefficient (Wildman–Crippen LogP) is 0.741. The summed E-state index contributed by atoms with van der Waals surface area (Å²) >= 11 is 0. The molecule has 0 bridgehead atoms. The summed E-state index contributed by atoms with van der Waals surface area (Å²) in [7, 11) is 0. The van der Waals surface area contributed by atoms with Crippen LogP contribution in [0.3, 0.4) is 0 Å². The van der Waals surface area contributed by atoms with Gasteiger partial charge in [-0.25, -0.2) is 6.57 Å². The van der Waals surface area contributed by atoms with E-state index in [1.165, 1.54) is 0 Å². The van der Waals surface area contributed by atoms with Gasteiger partial charge >= 0.3 is 0 Å². The minimum absolute atomic E-state index is 0.0856. The smallest absolute Gasteiger partial charge is 0.223 e. The van der Waals surface area contributed by atoms with Gasteiger partial charge in [0.25, 0.3) is 0 Å². The Labute approximate surface area is 43.0 Å². The van der Waals surface area contributed by atoms with E-state index in [4.69, 9.17) is 6.57 Å². The van der Waals surface area contributed by atoms with Gasteiger partial charge in [0, 0.05) is 0 Å². The third-order valence-corrected chi connectivity index (χ3v) is 0.612. The molecule has 0 saturated heterocycles. The average Bonchev–Trinajstić information content (AvgIpc) is 1.68. The molecule has 0 radical (unpaired) electrons. The Morgan fingerprint density at radius 3 is 2.71 bits per heavy atom. The van der Waals surface area contributed by atoms with Crippen molar-refractivity contribution in [3.05, 3.63) is 11.4 Å². The van der Waals surface area contributed by atoms with Crippen LogP contribution >= 0.6 is 0 Å². The molecular weight excluding hydrogens is 90.1 g/mol. The highest BCUT2D eigenvalue weighted by Crippen LogP contribution is 1.86. The highest BCUT2D eigenvalue weighted by Gasteiger charge is 1.98. The number of hydrogen-bond acceptors (Lipinski definition) is 1. The lowest BCUT2D eigenvalue weighted by Gasteiger charge is -1.84. The molecule has 0 fully saturated rings. The Hall–Kier alpha value is -0.840. The van der Waals surface area contributed by atoms with E-state index in [0.29, 0.717) is 6.54 Å². The van der Waals surface area contributed by atoms with Crippen LogP contribution in [0.2, 0.25) is 0 Å². The molecule has 0 N–H and O–H groups in total. The van der Waals surface area contributed by atoms with Crippen LogP contribution < -0.4 is 0 Å². The van der Waals surface area contributed by atoms with Gasteiger partial charge in [-0.15, -0.1) is 0 Å². The van der Waals surface area contributed by atoms with Crippen LogP contribution in [0.25, 0.3) is 4.85 Å². The molecule has 0 aromatic rings. The zero-order valence-electron chi connectivity index (χ0n) is 4.22. The lowest BCUT2D eigenvalue weighted by Crippen LogP contribution is -1.96. The zero-order valence-corrected chi connectivity index (χ0v) is 4.22. The van der Waals surface area contributed by atoms with Crippen molar-refractivity contribution in [3.8, 4) is 0 Å².